The predicted molar refractivity (Wildman–Crippen MR) is 57.9 cm³/mol. The standard InChI is InChI=1S/C10H10N2O4/c1-15-6-3-4-7-8(5-6)11-10(14)12(16-2)9(7)13/h3-5H,1-2H3,(H,11,14). The van der Waals surface area contributed by atoms with Crippen molar-refractivity contribution in [1.29, 1.82) is 0 Å². The number of fused-ring (bicyclic) bond motifs is 1. The molecule has 0 aliphatic heterocycles. The Kier molecular flexibility index (Phi) is 2.40. The van der Waals surface area contributed by atoms with Crippen molar-refractivity contribution < 1.29 is 9.57 Å². The number of hydrogen-bond donors (Lipinski definition) is 1. The van der Waals surface area contributed by atoms with Gasteiger partial charge >= 0.3 is 5.69 Å². The topological polar surface area (TPSA) is 73.3 Å². The molecule has 2 rings (SSSR count). The van der Waals surface area contributed by atoms with E-state index in [0.717, 1.165) is 0 Å². The summed E-state index contributed by atoms with van der Waals surface area (Å²) in [4.78, 5) is 30.4. The minimum atomic E-state index is -0.617. The maximum Gasteiger partial charge on any atom is 0.362 e. The lowest BCUT2D eigenvalue weighted by molar-refractivity contribution is 0.146. The Morgan fingerprint density at radius 2 is 2.00 bits per heavy atom. The van der Waals surface area contributed by atoms with Crippen molar-refractivity contribution in [2.75, 3.05) is 14.2 Å². The fourth-order valence-electron chi connectivity index (χ4n) is 1.47. The van der Waals surface area contributed by atoms with Crippen LogP contribution in [0.25, 0.3) is 10.9 Å². The molecular weight excluding hydrogens is 212 g/mol. The summed E-state index contributed by atoms with van der Waals surface area (Å²) in [7, 11) is 2.77. The summed E-state index contributed by atoms with van der Waals surface area (Å²) in [5.74, 6) is 0.567. The Morgan fingerprint density at radius 3 is 2.62 bits per heavy atom. The quantitative estimate of drug-likeness (QED) is 0.760. The molecule has 0 atom stereocenters. The molecule has 1 heterocycles. The van der Waals surface area contributed by atoms with Gasteiger partial charge in [-0.15, -0.1) is 0 Å². The van der Waals surface area contributed by atoms with Gasteiger partial charge in [-0.3, -0.25) is 4.79 Å². The fourth-order valence-corrected chi connectivity index (χ4v) is 1.47. The third-order valence-corrected chi connectivity index (χ3v) is 2.25. The molecule has 0 saturated heterocycles. The highest BCUT2D eigenvalue weighted by Gasteiger charge is 2.07. The number of nitrogens with one attached hydrogen (secondary N) is 1. The first-order valence-corrected chi connectivity index (χ1v) is 4.55. The van der Waals surface area contributed by atoms with Crippen LogP contribution in [0.3, 0.4) is 0 Å². The minimum Gasteiger partial charge on any atom is -0.497 e. The van der Waals surface area contributed by atoms with Crippen LogP contribution in [0.1, 0.15) is 0 Å². The molecule has 0 saturated carbocycles. The monoisotopic (exact) mass is 222 g/mol. The summed E-state index contributed by atoms with van der Waals surface area (Å²) in [6, 6.07) is 4.79. The second-order valence-corrected chi connectivity index (χ2v) is 3.12. The van der Waals surface area contributed by atoms with Crippen molar-refractivity contribution >= 4 is 10.9 Å². The van der Waals surface area contributed by atoms with E-state index < -0.39 is 11.2 Å². The van der Waals surface area contributed by atoms with E-state index in [9.17, 15) is 9.59 Å². The molecule has 0 amide bonds. The number of ether oxygens (including phenoxy) is 1. The zero-order valence-corrected chi connectivity index (χ0v) is 8.81. The van der Waals surface area contributed by atoms with Gasteiger partial charge in [-0.1, -0.05) is 4.73 Å². The average molecular weight is 222 g/mol. The van der Waals surface area contributed by atoms with Gasteiger partial charge in [-0.05, 0) is 12.1 Å². The second-order valence-electron chi connectivity index (χ2n) is 3.12. The first-order chi connectivity index (χ1) is 7.67. The average Bonchev–Trinajstić information content (AvgIpc) is 2.28. The largest absolute Gasteiger partial charge is 0.497 e. The molecule has 84 valence electrons. The number of methoxy groups -OCH3 is 1. The van der Waals surface area contributed by atoms with E-state index in [2.05, 4.69) is 9.82 Å². The molecule has 0 radical (unpaired) electrons. The molecule has 1 aromatic heterocycles. The van der Waals surface area contributed by atoms with Crippen molar-refractivity contribution in [2.45, 2.75) is 0 Å². The van der Waals surface area contributed by atoms with Crippen LogP contribution in [0, 0.1) is 0 Å². The van der Waals surface area contributed by atoms with E-state index >= 15 is 0 Å². The molecule has 6 heteroatoms. The smallest absolute Gasteiger partial charge is 0.362 e. The van der Waals surface area contributed by atoms with Gasteiger partial charge in [0.05, 0.1) is 18.0 Å². The van der Waals surface area contributed by atoms with E-state index in [1.54, 1.807) is 18.2 Å². The zero-order chi connectivity index (χ0) is 11.7. The summed E-state index contributed by atoms with van der Waals surface area (Å²) in [5.41, 5.74) is -0.695. The van der Waals surface area contributed by atoms with Crippen LogP contribution in [0.2, 0.25) is 0 Å². The van der Waals surface area contributed by atoms with Gasteiger partial charge in [0, 0.05) is 6.07 Å². The van der Waals surface area contributed by atoms with Crippen molar-refractivity contribution in [3.05, 3.63) is 39.0 Å². The fraction of sp³-hybridized carbons (Fsp3) is 0.200. The van der Waals surface area contributed by atoms with Gasteiger partial charge in [0.2, 0.25) is 0 Å². The Balaban J connectivity index is 2.87. The van der Waals surface area contributed by atoms with Crippen LogP contribution in [-0.4, -0.2) is 23.9 Å². The van der Waals surface area contributed by atoms with Gasteiger partial charge in [0.25, 0.3) is 5.56 Å². The highest BCUT2D eigenvalue weighted by Crippen LogP contribution is 2.14. The third-order valence-electron chi connectivity index (χ3n) is 2.25. The Hall–Kier alpha value is -2.24. The molecule has 0 fully saturated rings. The highest BCUT2D eigenvalue weighted by atomic mass is 16.7. The number of aromatic amines is 1. The molecule has 1 N–H and O–H groups in total. The Labute approximate surface area is 90.0 Å². The minimum absolute atomic E-state index is 0.363. The zero-order valence-electron chi connectivity index (χ0n) is 8.81. The summed E-state index contributed by atoms with van der Waals surface area (Å²) < 4.78 is 5.66. The van der Waals surface area contributed by atoms with Crippen molar-refractivity contribution in [2.24, 2.45) is 0 Å². The number of benzene rings is 1. The van der Waals surface area contributed by atoms with E-state index in [0.29, 0.717) is 21.4 Å². The summed E-state index contributed by atoms with van der Waals surface area (Å²) >= 11 is 0. The second kappa shape index (κ2) is 3.73. The van der Waals surface area contributed by atoms with Crippen molar-refractivity contribution in [3.63, 3.8) is 0 Å². The predicted octanol–water partition coefficient (Wildman–Crippen LogP) is -0.243. The molecule has 0 unspecified atom stereocenters. The Morgan fingerprint density at radius 1 is 1.25 bits per heavy atom. The molecule has 16 heavy (non-hydrogen) atoms. The first-order valence-electron chi connectivity index (χ1n) is 4.55. The molecule has 0 bridgehead atoms. The first kappa shape index (κ1) is 10.3. The van der Waals surface area contributed by atoms with E-state index in [-0.39, 0.29) is 0 Å². The molecule has 0 aliphatic carbocycles. The van der Waals surface area contributed by atoms with Crippen LogP contribution < -0.4 is 20.8 Å². The lowest BCUT2D eigenvalue weighted by atomic mass is 10.2. The van der Waals surface area contributed by atoms with Gasteiger partial charge in [0.15, 0.2) is 0 Å². The van der Waals surface area contributed by atoms with Gasteiger partial charge in [-0.2, -0.15) is 0 Å². The maximum atomic E-state index is 11.8. The van der Waals surface area contributed by atoms with E-state index in [1.165, 1.54) is 14.2 Å². The molecule has 6 nitrogen and oxygen atoms in total. The number of rotatable bonds is 2. The number of nitrogens with zero attached hydrogens (tertiary/aromatic N) is 1. The molecule has 1 aromatic carbocycles. The third kappa shape index (κ3) is 1.44. The summed E-state index contributed by atoms with van der Waals surface area (Å²) in [6.07, 6.45) is 0. The Bertz CT molecular complexity index is 641. The lowest BCUT2D eigenvalue weighted by Gasteiger charge is -2.05. The van der Waals surface area contributed by atoms with Crippen LogP contribution >= 0.6 is 0 Å². The van der Waals surface area contributed by atoms with E-state index in [1.807, 2.05) is 0 Å². The SMILES string of the molecule is COc1ccc2c(=O)n(OC)c(=O)[nH]c2c1. The van der Waals surface area contributed by atoms with Crippen LogP contribution in [0.4, 0.5) is 0 Å². The number of H-pyrrole nitrogens is 1. The van der Waals surface area contributed by atoms with Crippen LogP contribution in [0.15, 0.2) is 27.8 Å². The number of hydrogen-bond acceptors (Lipinski definition) is 4. The van der Waals surface area contributed by atoms with E-state index in [4.69, 9.17) is 4.74 Å². The molecule has 0 aliphatic rings. The van der Waals surface area contributed by atoms with Gasteiger partial charge < -0.3 is 14.6 Å². The molecular formula is C10H10N2O4. The number of aromatic nitrogens is 2. The normalized spacial score (nSPS) is 10.4. The van der Waals surface area contributed by atoms with Gasteiger partial charge in [0.1, 0.15) is 12.9 Å². The molecule has 0 spiro atoms. The van der Waals surface area contributed by atoms with Crippen molar-refractivity contribution in [3.8, 4) is 5.75 Å². The van der Waals surface area contributed by atoms with Gasteiger partial charge in [-0.25, -0.2) is 4.79 Å². The highest BCUT2D eigenvalue weighted by molar-refractivity contribution is 5.78. The lowest BCUT2D eigenvalue weighted by Crippen LogP contribution is -2.38. The maximum absolute atomic E-state index is 11.8. The van der Waals surface area contributed by atoms with Crippen LogP contribution in [-0.2, 0) is 0 Å². The van der Waals surface area contributed by atoms with Crippen molar-refractivity contribution in [1.82, 2.24) is 9.71 Å². The molecule has 2 aromatic rings. The summed E-state index contributed by atoms with van der Waals surface area (Å²) in [6.45, 7) is 0. The summed E-state index contributed by atoms with van der Waals surface area (Å²) in [5, 5.41) is 0.363. The van der Waals surface area contributed by atoms with Crippen LogP contribution in [0.5, 0.6) is 5.75 Å².